The molecule has 11 heteroatoms. The van der Waals surface area contributed by atoms with E-state index in [9.17, 15) is 13.2 Å². The van der Waals surface area contributed by atoms with E-state index in [1.807, 2.05) is 0 Å². The van der Waals surface area contributed by atoms with Gasteiger partial charge in [0.05, 0.1) is 31.3 Å². The Labute approximate surface area is 193 Å². The first kappa shape index (κ1) is 24.8. The molecule has 32 heavy (non-hydrogen) atoms. The van der Waals surface area contributed by atoms with Gasteiger partial charge in [-0.05, 0) is 30.7 Å². The minimum absolute atomic E-state index is 0.0178. The van der Waals surface area contributed by atoms with Crippen molar-refractivity contribution in [3.8, 4) is 0 Å². The molecule has 1 fully saturated rings. The fourth-order valence-corrected chi connectivity index (χ4v) is 5.38. The molecular formula is C21H29ClN4O5S. The lowest BCUT2D eigenvalue weighted by Crippen LogP contribution is -2.40. The Morgan fingerprint density at radius 3 is 2.69 bits per heavy atom. The largest absolute Gasteiger partial charge is 0.379 e. The van der Waals surface area contributed by atoms with E-state index in [0.29, 0.717) is 49.4 Å². The topological polar surface area (TPSA) is 106 Å². The van der Waals surface area contributed by atoms with Crippen LogP contribution in [0.2, 0.25) is 5.02 Å². The number of aromatic nitrogens is 2. The minimum atomic E-state index is -3.75. The third-order valence-electron chi connectivity index (χ3n) is 4.94. The smallest absolute Gasteiger partial charge is 0.244 e. The van der Waals surface area contributed by atoms with Crippen LogP contribution in [0, 0.1) is 5.92 Å². The van der Waals surface area contributed by atoms with Crippen molar-refractivity contribution in [2.24, 2.45) is 5.92 Å². The lowest BCUT2D eigenvalue weighted by atomic mass is 10.1. The Bertz CT molecular complexity index is 1030. The monoisotopic (exact) mass is 484 g/mol. The number of likely N-dealkylation sites (N-methyl/N-ethyl adjacent to an activating group) is 1. The summed E-state index contributed by atoms with van der Waals surface area (Å²) < 4.78 is 37.7. The normalized spacial score (nSPS) is 15.6. The minimum Gasteiger partial charge on any atom is -0.379 e. The highest BCUT2D eigenvalue weighted by atomic mass is 35.5. The highest BCUT2D eigenvalue weighted by Crippen LogP contribution is 2.26. The van der Waals surface area contributed by atoms with E-state index < -0.39 is 10.0 Å². The molecule has 2 aromatic rings. The number of carbonyl (C=O) groups is 1. The van der Waals surface area contributed by atoms with Gasteiger partial charge in [0.15, 0.2) is 11.6 Å². The Hall–Kier alpha value is -1.85. The second kappa shape index (κ2) is 10.8. The average Bonchev–Trinajstić information content (AvgIpc) is 3.15. The molecular weight excluding hydrogens is 456 g/mol. The van der Waals surface area contributed by atoms with Crippen molar-refractivity contribution in [1.82, 2.24) is 19.3 Å². The van der Waals surface area contributed by atoms with Gasteiger partial charge in [0, 0.05) is 25.9 Å². The highest BCUT2D eigenvalue weighted by molar-refractivity contribution is 7.89. The molecule has 0 radical (unpaired) electrons. The van der Waals surface area contributed by atoms with E-state index in [4.69, 9.17) is 20.9 Å². The molecule has 0 bridgehead atoms. The van der Waals surface area contributed by atoms with Crippen LogP contribution < -0.4 is 0 Å². The second-order valence-electron chi connectivity index (χ2n) is 8.37. The number of sulfonamides is 1. The maximum absolute atomic E-state index is 13.0. The van der Waals surface area contributed by atoms with E-state index >= 15 is 0 Å². The van der Waals surface area contributed by atoms with Crippen molar-refractivity contribution < 1.29 is 22.5 Å². The molecule has 9 nitrogen and oxygen atoms in total. The predicted octanol–water partition coefficient (Wildman–Crippen LogP) is 2.19. The van der Waals surface area contributed by atoms with Crippen molar-refractivity contribution in [3.05, 3.63) is 40.5 Å². The Balaban J connectivity index is 1.61. The fourth-order valence-electron chi connectivity index (χ4n) is 3.45. The fraction of sp³-hybridized carbons (Fsp3) is 0.571. The number of benzene rings is 1. The van der Waals surface area contributed by atoms with Crippen LogP contribution in [0.1, 0.15) is 31.1 Å². The summed E-state index contributed by atoms with van der Waals surface area (Å²) in [5.74, 6) is 1.47. The van der Waals surface area contributed by atoms with Crippen LogP contribution in [0.4, 0.5) is 0 Å². The summed E-state index contributed by atoms with van der Waals surface area (Å²) in [6, 6.07) is 4.69. The maximum Gasteiger partial charge on any atom is 0.244 e. The van der Waals surface area contributed by atoms with Gasteiger partial charge in [-0.15, -0.1) is 0 Å². The number of ether oxygens (including phenoxy) is 1. The van der Waals surface area contributed by atoms with Gasteiger partial charge in [0.25, 0.3) is 0 Å². The third-order valence-corrected chi connectivity index (χ3v) is 7.32. The van der Waals surface area contributed by atoms with Gasteiger partial charge in [0.2, 0.25) is 15.9 Å². The van der Waals surface area contributed by atoms with Crippen LogP contribution in [0.5, 0.6) is 0 Å². The summed E-state index contributed by atoms with van der Waals surface area (Å²) in [5, 5.41) is 4.10. The zero-order valence-electron chi connectivity index (χ0n) is 18.6. The second-order valence-corrected chi connectivity index (χ2v) is 10.7. The highest BCUT2D eigenvalue weighted by Gasteiger charge is 2.28. The number of carbonyl (C=O) groups excluding carboxylic acids is 1. The molecule has 0 spiro atoms. The van der Waals surface area contributed by atoms with Gasteiger partial charge < -0.3 is 9.26 Å². The lowest BCUT2D eigenvalue weighted by molar-refractivity contribution is -0.119. The van der Waals surface area contributed by atoms with Crippen molar-refractivity contribution in [2.45, 2.75) is 38.1 Å². The summed E-state index contributed by atoms with van der Waals surface area (Å²) in [4.78, 5) is 18.8. The van der Waals surface area contributed by atoms with E-state index in [0.717, 1.165) is 0 Å². The van der Waals surface area contributed by atoms with Gasteiger partial charge >= 0.3 is 0 Å². The summed E-state index contributed by atoms with van der Waals surface area (Å²) in [6.07, 6.45) is 0.805. The van der Waals surface area contributed by atoms with Gasteiger partial charge in [-0.1, -0.05) is 36.7 Å². The number of hydrogen-bond donors (Lipinski definition) is 0. The van der Waals surface area contributed by atoms with Crippen molar-refractivity contribution in [3.63, 3.8) is 0 Å². The molecule has 0 amide bonds. The van der Waals surface area contributed by atoms with E-state index in [2.05, 4.69) is 24.0 Å². The molecule has 0 unspecified atom stereocenters. The van der Waals surface area contributed by atoms with Gasteiger partial charge in [-0.25, -0.2) is 8.42 Å². The van der Waals surface area contributed by atoms with Gasteiger partial charge in [-0.2, -0.15) is 9.29 Å². The maximum atomic E-state index is 13.0. The Kier molecular flexibility index (Phi) is 8.40. The van der Waals surface area contributed by atoms with Crippen molar-refractivity contribution in [1.29, 1.82) is 0 Å². The molecule has 0 atom stereocenters. The lowest BCUT2D eigenvalue weighted by Gasteiger charge is -2.26. The number of hydrogen-bond acceptors (Lipinski definition) is 8. The quantitative estimate of drug-likeness (QED) is 0.505. The average molecular weight is 485 g/mol. The van der Waals surface area contributed by atoms with Gasteiger partial charge in [-0.3, -0.25) is 9.69 Å². The van der Waals surface area contributed by atoms with Crippen LogP contribution in [0.15, 0.2) is 27.6 Å². The molecule has 2 heterocycles. The first-order valence-corrected chi connectivity index (χ1v) is 12.3. The van der Waals surface area contributed by atoms with Crippen LogP contribution in [-0.4, -0.2) is 73.4 Å². The Morgan fingerprint density at radius 1 is 1.28 bits per heavy atom. The Morgan fingerprint density at radius 2 is 2.00 bits per heavy atom. The number of Topliss-reactive ketones (excluding diaryl/α,β-unsaturated/α-hetero) is 1. The summed E-state index contributed by atoms with van der Waals surface area (Å²) in [5.41, 5.74) is 0.596. The molecule has 1 saturated heterocycles. The zero-order valence-corrected chi connectivity index (χ0v) is 20.2. The number of rotatable bonds is 10. The summed E-state index contributed by atoms with van der Waals surface area (Å²) in [6.45, 7) is 5.95. The summed E-state index contributed by atoms with van der Waals surface area (Å²) in [7, 11) is -1.95. The number of nitrogens with zero attached hydrogens (tertiary/aromatic N) is 4. The number of halogens is 1. The van der Waals surface area contributed by atoms with E-state index in [1.165, 1.54) is 16.4 Å². The molecule has 0 saturated carbocycles. The van der Waals surface area contributed by atoms with Crippen LogP contribution in [0.3, 0.4) is 0 Å². The van der Waals surface area contributed by atoms with Crippen LogP contribution in [-0.2, 0) is 38.9 Å². The first-order chi connectivity index (χ1) is 15.1. The molecule has 176 valence electrons. The van der Waals surface area contributed by atoms with Crippen LogP contribution in [0.25, 0.3) is 0 Å². The standard InChI is InChI=1S/C21H29ClN4O5S/c1-15(2)10-21-23-20(24-31-21)14-25(3)13-17(27)11-16-4-5-18(22)19(12-16)32(28,29)26-6-8-30-9-7-26/h4-5,12,15H,6-11,13-14H2,1-3H3. The molecule has 1 aromatic heterocycles. The predicted molar refractivity (Wildman–Crippen MR) is 119 cm³/mol. The zero-order chi connectivity index (χ0) is 23.3. The number of morpholine rings is 1. The first-order valence-electron chi connectivity index (χ1n) is 10.5. The SMILES string of the molecule is CC(C)Cc1nc(CN(C)CC(=O)Cc2ccc(Cl)c(S(=O)(=O)N3CCOCC3)c2)no1. The summed E-state index contributed by atoms with van der Waals surface area (Å²) >= 11 is 6.19. The van der Waals surface area contributed by atoms with E-state index in [-0.39, 0.29) is 41.8 Å². The van der Waals surface area contributed by atoms with Gasteiger partial charge in [0.1, 0.15) is 4.90 Å². The van der Waals surface area contributed by atoms with Crippen molar-refractivity contribution >= 4 is 27.4 Å². The van der Waals surface area contributed by atoms with E-state index in [1.54, 1.807) is 18.0 Å². The van der Waals surface area contributed by atoms with Crippen LogP contribution >= 0.6 is 11.6 Å². The molecule has 1 aliphatic heterocycles. The third kappa shape index (κ3) is 6.58. The molecule has 1 aromatic carbocycles. The molecule has 0 aliphatic carbocycles. The van der Waals surface area contributed by atoms with Crippen molar-refractivity contribution in [2.75, 3.05) is 39.9 Å². The molecule has 3 rings (SSSR count). The molecule has 0 N–H and O–H groups in total. The number of ketones is 1. The molecule has 1 aliphatic rings.